The van der Waals surface area contributed by atoms with E-state index in [-0.39, 0.29) is 17.7 Å². The van der Waals surface area contributed by atoms with Crippen molar-refractivity contribution in [2.75, 3.05) is 25.7 Å². The third-order valence-corrected chi connectivity index (χ3v) is 6.33. The number of rotatable bonds is 6. The zero-order chi connectivity index (χ0) is 27.7. The largest absolute Gasteiger partial charge is 0.511 e. The molecule has 11 nitrogen and oxygen atoms in total. The molecular formula is C28H25N5O6. The van der Waals surface area contributed by atoms with Gasteiger partial charge in [-0.15, -0.1) is 0 Å². The maximum Gasteiger partial charge on any atom is 0.511 e. The van der Waals surface area contributed by atoms with Crippen molar-refractivity contribution < 1.29 is 24.1 Å². The summed E-state index contributed by atoms with van der Waals surface area (Å²) in [7, 11) is 3.08. The number of carboxylic acid groups (broad SMARTS) is 1. The Morgan fingerprint density at radius 3 is 2.59 bits per heavy atom. The maximum atomic E-state index is 12.8. The van der Waals surface area contributed by atoms with E-state index >= 15 is 0 Å². The van der Waals surface area contributed by atoms with Crippen LogP contribution in [0.3, 0.4) is 0 Å². The Morgan fingerprint density at radius 2 is 1.92 bits per heavy atom. The highest BCUT2D eigenvalue weighted by atomic mass is 16.7. The Hall–Kier alpha value is -5.24. The molecule has 0 unspecified atom stereocenters. The maximum absolute atomic E-state index is 12.8. The molecule has 0 radical (unpaired) electrons. The van der Waals surface area contributed by atoms with Crippen LogP contribution in [0.4, 0.5) is 16.6 Å². The van der Waals surface area contributed by atoms with Crippen LogP contribution >= 0.6 is 0 Å². The van der Waals surface area contributed by atoms with Crippen LogP contribution in [-0.4, -0.2) is 40.0 Å². The van der Waals surface area contributed by atoms with Gasteiger partial charge in [-0.2, -0.15) is 4.98 Å². The minimum absolute atomic E-state index is 0.100. The van der Waals surface area contributed by atoms with Crippen LogP contribution in [0, 0.1) is 11.8 Å². The summed E-state index contributed by atoms with van der Waals surface area (Å²) >= 11 is 0. The van der Waals surface area contributed by atoms with Crippen molar-refractivity contribution in [2.45, 2.75) is 25.3 Å². The van der Waals surface area contributed by atoms with Crippen LogP contribution < -0.4 is 31.1 Å². The molecule has 0 atom stereocenters. The first-order chi connectivity index (χ1) is 18.8. The second kappa shape index (κ2) is 10.3. The fraction of sp³-hybridized carbons (Fsp3) is 0.214. The zero-order valence-electron chi connectivity index (χ0n) is 21.2. The molecule has 5 N–H and O–H groups in total. The Bertz CT molecular complexity index is 1730. The van der Waals surface area contributed by atoms with Gasteiger partial charge in [0.2, 0.25) is 11.4 Å². The average molecular weight is 528 g/mol. The number of fused-ring (bicyclic) bond motifs is 1. The monoisotopic (exact) mass is 527 g/mol. The van der Waals surface area contributed by atoms with Crippen molar-refractivity contribution in [3.63, 3.8) is 0 Å². The van der Waals surface area contributed by atoms with Crippen molar-refractivity contribution >= 4 is 28.8 Å². The van der Waals surface area contributed by atoms with Gasteiger partial charge in [-0.1, -0.05) is 11.8 Å². The van der Waals surface area contributed by atoms with E-state index in [2.05, 4.69) is 21.8 Å². The second-order valence-corrected chi connectivity index (χ2v) is 9.01. The van der Waals surface area contributed by atoms with Crippen molar-refractivity contribution in [3.05, 3.63) is 75.2 Å². The quantitative estimate of drug-likeness (QED) is 0.250. The van der Waals surface area contributed by atoms with Gasteiger partial charge in [-0.05, 0) is 48.7 Å². The van der Waals surface area contributed by atoms with E-state index < -0.39 is 11.6 Å². The second-order valence-electron chi connectivity index (χ2n) is 9.01. The molecule has 0 spiro atoms. The number of benzene rings is 2. The van der Waals surface area contributed by atoms with Gasteiger partial charge < -0.3 is 35.4 Å². The molecule has 0 bridgehead atoms. The number of methoxy groups -OCH3 is 2. The number of carbonyl (C=O) groups is 1. The van der Waals surface area contributed by atoms with E-state index in [9.17, 15) is 9.59 Å². The van der Waals surface area contributed by atoms with Gasteiger partial charge in [0.25, 0.3) is 0 Å². The van der Waals surface area contributed by atoms with Crippen molar-refractivity contribution in [1.82, 2.24) is 14.5 Å². The van der Waals surface area contributed by atoms with Crippen LogP contribution in [0.2, 0.25) is 0 Å². The van der Waals surface area contributed by atoms with Gasteiger partial charge in [0.15, 0.2) is 17.2 Å². The SMILES string of the molecule is COc1cc(Cc2cnc(N)nc2N)cc(C#Cc2ccc3c(=O)c(OC(=O)O)cn(C4CC4)c3c2)c1OC. The third-order valence-electron chi connectivity index (χ3n) is 6.33. The van der Waals surface area contributed by atoms with Gasteiger partial charge in [-0.3, -0.25) is 4.79 Å². The molecular weight excluding hydrogens is 502 g/mol. The first-order valence-corrected chi connectivity index (χ1v) is 12.0. The molecule has 5 rings (SSSR count). The normalized spacial score (nSPS) is 12.5. The molecule has 0 saturated heterocycles. The number of hydrogen-bond acceptors (Lipinski definition) is 9. The summed E-state index contributed by atoms with van der Waals surface area (Å²) in [5.74, 6) is 7.45. The number of anilines is 2. The average Bonchev–Trinajstić information content (AvgIpc) is 3.75. The highest BCUT2D eigenvalue weighted by molar-refractivity contribution is 5.83. The van der Waals surface area contributed by atoms with E-state index in [0.29, 0.717) is 51.3 Å². The van der Waals surface area contributed by atoms with Gasteiger partial charge >= 0.3 is 6.16 Å². The van der Waals surface area contributed by atoms with Crippen LogP contribution in [0.25, 0.3) is 10.9 Å². The summed E-state index contributed by atoms with van der Waals surface area (Å²) < 4.78 is 17.7. The van der Waals surface area contributed by atoms with Crippen LogP contribution in [0.1, 0.15) is 41.1 Å². The molecule has 1 saturated carbocycles. The van der Waals surface area contributed by atoms with Gasteiger partial charge in [0.05, 0.1) is 31.5 Å². The number of nitrogens with zero attached hydrogens (tertiary/aromatic N) is 3. The summed E-state index contributed by atoms with van der Waals surface area (Å²) in [6, 6.07) is 9.03. The van der Waals surface area contributed by atoms with Gasteiger partial charge in [0, 0.05) is 35.2 Å². The summed E-state index contributed by atoms with van der Waals surface area (Å²) in [5, 5.41) is 9.37. The van der Waals surface area contributed by atoms with E-state index in [1.807, 2.05) is 22.8 Å². The lowest BCUT2D eigenvalue weighted by atomic mass is 10.0. The molecule has 198 valence electrons. The van der Waals surface area contributed by atoms with E-state index in [1.165, 1.54) is 13.3 Å². The Kier molecular flexibility index (Phi) is 6.68. The van der Waals surface area contributed by atoms with E-state index in [4.69, 9.17) is 30.8 Å². The van der Waals surface area contributed by atoms with Crippen molar-refractivity contribution in [3.8, 4) is 29.1 Å². The van der Waals surface area contributed by atoms with Crippen molar-refractivity contribution in [2.24, 2.45) is 0 Å². The predicted molar refractivity (Wildman–Crippen MR) is 144 cm³/mol. The molecule has 2 aromatic heterocycles. The molecule has 39 heavy (non-hydrogen) atoms. The van der Waals surface area contributed by atoms with Crippen LogP contribution in [-0.2, 0) is 6.42 Å². The van der Waals surface area contributed by atoms with Crippen LogP contribution in [0.5, 0.6) is 17.2 Å². The molecule has 11 heteroatoms. The third kappa shape index (κ3) is 5.26. The fourth-order valence-corrected chi connectivity index (χ4v) is 4.37. The Labute approximate surface area is 223 Å². The lowest BCUT2D eigenvalue weighted by Crippen LogP contribution is -2.16. The highest BCUT2D eigenvalue weighted by Gasteiger charge is 2.26. The standard InChI is InChI=1S/C28H25N5O6/c1-37-22-12-16(10-18-13-31-27(30)32-26(18)29)9-17(25(22)38-2)5-3-15-4-8-20-21(11-15)33(19-6-7-19)14-23(24(20)34)39-28(35)36/h4,8-9,11-14,19H,6-7,10H2,1-2H3,(H,35,36)(H4,29,30,31,32). The van der Waals surface area contributed by atoms with Crippen molar-refractivity contribution in [1.29, 1.82) is 0 Å². The van der Waals surface area contributed by atoms with E-state index in [1.54, 1.807) is 25.4 Å². The number of nitrogens with two attached hydrogens (primary N) is 2. The molecule has 0 amide bonds. The predicted octanol–water partition coefficient (Wildman–Crippen LogP) is 3.36. The minimum Gasteiger partial charge on any atom is -0.493 e. The topological polar surface area (TPSA) is 165 Å². The number of pyridine rings is 1. The smallest absolute Gasteiger partial charge is 0.493 e. The fourth-order valence-electron chi connectivity index (χ4n) is 4.37. The van der Waals surface area contributed by atoms with Gasteiger partial charge in [-0.25, -0.2) is 9.78 Å². The Balaban J connectivity index is 1.56. The lowest BCUT2D eigenvalue weighted by molar-refractivity contribution is 0.143. The number of aromatic nitrogens is 3. The molecule has 0 aliphatic heterocycles. The first-order valence-electron chi connectivity index (χ1n) is 12.0. The van der Waals surface area contributed by atoms with E-state index in [0.717, 1.165) is 18.4 Å². The molecule has 2 aromatic carbocycles. The summed E-state index contributed by atoms with van der Waals surface area (Å²) in [5.41, 5.74) is 14.6. The highest BCUT2D eigenvalue weighted by Crippen LogP contribution is 2.38. The zero-order valence-corrected chi connectivity index (χ0v) is 21.2. The van der Waals surface area contributed by atoms with Gasteiger partial charge in [0.1, 0.15) is 5.82 Å². The number of ether oxygens (including phenoxy) is 3. The molecule has 1 aliphatic carbocycles. The molecule has 1 aliphatic rings. The summed E-state index contributed by atoms with van der Waals surface area (Å²) in [4.78, 5) is 31.9. The number of hydrogen-bond donors (Lipinski definition) is 3. The Morgan fingerprint density at radius 1 is 1.13 bits per heavy atom. The number of nitrogen functional groups attached to an aromatic ring is 2. The molecule has 4 aromatic rings. The molecule has 1 fully saturated rings. The lowest BCUT2D eigenvalue weighted by Gasteiger charge is -2.13. The summed E-state index contributed by atoms with van der Waals surface area (Å²) in [6.45, 7) is 0. The summed E-state index contributed by atoms with van der Waals surface area (Å²) in [6.07, 6.45) is 3.78. The minimum atomic E-state index is -1.53. The molecule has 2 heterocycles. The van der Waals surface area contributed by atoms with Crippen LogP contribution in [0.15, 0.2) is 47.5 Å². The first kappa shape index (κ1) is 25.4.